The summed E-state index contributed by atoms with van der Waals surface area (Å²) in [4.78, 5) is 19.1. The second kappa shape index (κ2) is 8.61. The molecule has 1 aliphatic heterocycles. The maximum atomic E-state index is 12.9. The third-order valence-electron chi connectivity index (χ3n) is 4.94. The van der Waals surface area contributed by atoms with E-state index in [0.717, 1.165) is 16.8 Å². The standard InChI is InChI=1S/C19H27N3O3S2/c1-12(2)9-22(16-6-7-27(24,25)11-16)18(23)10-26-19-17(8-20)14(4)13(3)15(5)21-19/h12,16H,6-7,9-11H2,1-5H3/t16-/m1/s1. The van der Waals surface area contributed by atoms with Crippen molar-refractivity contribution in [2.45, 2.75) is 52.1 Å². The van der Waals surface area contributed by atoms with Crippen molar-refractivity contribution in [1.82, 2.24) is 9.88 Å². The van der Waals surface area contributed by atoms with Crippen molar-refractivity contribution in [2.75, 3.05) is 23.8 Å². The Kier molecular flexibility index (Phi) is 6.92. The molecule has 2 heterocycles. The number of nitriles is 1. The monoisotopic (exact) mass is 409 g/mol. The quantitative estimate of drug-likeness (QED) is 0.671. The number of amides is 1. The van der Waals surface area contributed by atoms with E-state index in [1.54, 1.807) is 4.90 Å². The van der Waals surface area contributed by atoms with Gasteiger partial charge in [0.25, 0.3) is 0 Å². The van der Waals surface area contributed by atoms with Gasteiger partial charge in [0.1, 0.15) is 11.1 Å². The SMILES string of the molecule is Cc1nc(SCC(=O)N(CC(C)C)[C@@H]2CCS(=O)(=O)C2)c(C#N)c(C)c1C. The number of carbonyl (C=O) groups is 1. The number of carbonyl (C=O) groups excluding carboxylic acids is 1. The summed E-state index contributed by atoms with van der Waals surface area (Å²) in [5, 5.41) is 10.0. The fourth-order valence-corrected chi connectivity index (χ4v) is 5.93. The summed E-state index contributed by atoms with van der Waals surface area (Å²) >= 11 is 1.26. The largest absolute Gasteiger partial charge is 0.338 e. The van der Waals surface area contributed by atoms with Crippen LogP contribution in [0.15, 0.2) is 5.03 Å². The number of hydrogen-bond donors (Lipinski definition) is 0. The molecular formula is C19H27N3O3S2. The van der Waals surface area contributed by atoms with Crippen LogP contribution >= 0.6 is 11.8 Å². The molecule has 0 aromatic carbocycles. The fourth-order valence-electron chi connectivity index (χ4n) is 3.23. The van der Waals surface area contributed by atoms with Crippen molar-refractivity contribution in [2.24, 2.45) is 5.92 Å². The summed E-state index contributed by atoms with van der Waals surface area (Å²) in [5.41, 5.74) is 3.23. The first-order valence-corrected chi connectivity index (χ1v) is 11.9. The van der Waals surface area contributed by atoms with E-state index < -0.39 is 9.84 Å². The first-order valence-electron chi connectivity index (χ1n) is 9.06. The van der Waals surface area contributed by atoms with Gasteiger partial charge < -0.3 is 4.90 Å². The molecule has 0 N–H and O–H groups in total. The Hall–Kier alpha value is -1.59. The summed E-state index contributed by atoms with van der Waals surface area (Å²) in [7, 11) is -3.06. The van der Waals surface area contributed by atoms with Gasteiger partial charge in [-0.15, -0.1) is 0 Å². The minimum Gasteiger partial charge on any atom is -0.338 e. The zero-order chi connectivity index (χ0) is 20.4. The summed E-state index contributed by atoms with van der Waals surface area (Å²) in [6.07, 6.45) is 0.496. The molecule has 6 nitrogen and oxygen atoms in total. The highest BCUT2D eigenvalue weighted by Gasteiger charge is 2.34. The van der Waals surface area contributed by atoms with Crippen LogP contribution < -0.4 is 0 Å². The topological polar surface area (TPSA) is 91.1 Å². The number of rotatable bonds is 6. The molecule has 0 bridgehead atoms. The van der Waals surface area contributed by atoms with Crippen LogP contribution in [0, 0.1) is 38.0 Å². The zero-order valence-corrected chi connectivity index (χ0v) is 18.2. The lowest BCUT2D eigenvalue weighted by Gasteiger charge is -2.30. The molecule has 148 valence electrons. The molecule has 0 spiro atoms. The zero-order valence-electron chi connectivity index (χ0n) is 16.6. The van der Waals surface area contributed by atoms with Crippen molar-refractivity contribution < 1.29 is 13.2 Å². The van der Waals surface area contributed by atoms with E-state index in [4.69, 9.17) is 0 Å². The average molecular weight is 410 g/mol. The third-order valence-corrected chi connectivity index (χ3v) is 7.65. The summed E-state index contributed by atoms with van der Waals surface area (Å²) in [6, 6.07) is 1.94. The molecule has 0 saturated carbocycles. The summed E-state index contributed by atoms with van der Waals surface area (Å²) in [6.45, 7) is 10.3. The van der Waals surface area contributed by atoms with Crippen LogP contribution in [0.25, 0.3) is 0 Å². The third kappa shape index (κ3) is 5.23. The van der Waals surface area contributed by atoms with E-state index in [9.17, 15) is 18.5 Å². The Bertz CT molecular complexity index is 873. The van der Waals surface area contributed by atoms with E-state index >= 15 is 0 Å². The van der Waals surface area contributed by atoms with Gasteiger partial charge in [-0.05, 0) is 44.2 Å². The molecule has 1 aromatic heterocycles. The molecule has 0 unspecified atom stereocenters. The first-order chi connectivity index (χ1) is 12.6. The summed E-state index contributed by atoms with van der Waals surface area (Å²) in [5.74, 6) is 0.479. The highest BCUT2D eigenvalue weighted by atomic mass is 32.2. The molecule has 1 atom stereocenters. The lowest BCUT2D eigenvalue weighted by molar-refractivity contribution is -0.130. The van der Waals surface area contributed by atoms with Crippen molar-refractivity contribution in [3.63, 3.8) is 0 Å². The predicted molar refractivity (Wildman–Crippen MR) is 107 cm³/mol. The first kappa shape index (κ1) is 21.7. The molecular weight excluding hydrogens is 382 g/mol. The minimum atomic E-state index is -3.06. The lowest BCUT2D eigenvalue weighted by Crippen LogP contribution is -2.44. The maximum Gasteiger partial charge on any atom is 0.233 e. The van der Waals surface area contributed by atoms with Crippen molar-refractivity contribution >= 4 is 27.5 Å². The normalized spacial score (nSPS) is 18.5. The Morgan fingerprint density at radius 2 is 2.00 bits per heavy atom. The van der Waals surface area contributed by atoms with Crippen LogP contribution in [0.4, 0.5) is 0 Å². The number of thioether (sulfide) groups is 1. The van der Waals surface area contributed by atoms with Crippen LogP contribution in [0.1, 0.15) is 42.7 Å². The molecule has 0 radical (unpaired) electrons. The molecule has 0 aliphatic carbocycles. The van der Waals surface area contributed by atoms with Gasteiger partial charge in [0.2, 0.25) is 5.91 Å². The van der Waals surface area contributed by atoms with Gasteiger partial charge in [0.05, 0.1) is 22.8 Å². The molecule has 2 rings (SSSR count). The average Bonchev–Trinajstić information content (AvgIpc) is 2.95. The Morgan fingerprint density at radius 1 is 1.33 bits per heavy atom. The van der Waals surface area contributed by atoms with Gasteiger partial charge in [-0.2, -0.15) is 5.26 Å². The second-order valence-corrected chi connectivity index (χ2v) is 10.7. The number of hydrogen-bond acceptors (Lipinski definition) is 6. The fraction of sp³-hybridized carbons (Fsp3) is 0.632. The van der Waals surface area contributed by atoms with Gasteiger partial charge in [-0.1, -0.05) is 25.6 Å². The number of aryl methyl sites for hydroxylation is 1. The van der Waals surface area contributed by atoms with E-state index in [2.05, 4.69) is 11.1 Å². The van der Waals surface area contributed by atoms with Crippen molar-refractivity contribution in [3.05, 3.63) is 22.4 Å². The molecule has 1 aliphatic rings. The summed E-state index contributed by atoms with van der Waals surface area (Å²) < 4.78 is 23.7. The van der Waals surface area contributed by atoms with Gasteiger partial charge in [0, 0.05) is 18.3 Å². The van der Waals surface area contributed by atoms with Crippen LogP contribution in [0.2, 0.25) is 0 Å². The highest BCUT2D eigenvalue weighted by molar-refractivity contribution is 8.00. The maximum absolute atomic E-state index is 12.9. The van der Waals surface area contributed by atoms with Gasteiger partial charge in [0.15, 0.2) is 9.84 Å². The number of sulfone groups is 1. The number of nitrogens with zero attached hydrogens (tertiary/aromatic N) is 3. The Morgan fingerprint density at radius 3 is 2.52 bits per heavy atom. The number of pyridine rings is 1. The van der Waals surface area contributed by atoms with Crippen LogP contribution in [0.5, 0.6) is 0 Å². The molecule has 27 heavy (non-hydrogen) atoms. The molecule has 1 amide bonds. The van der Waals surface area contributed by atoms with E-state index in [0.29, 0.717) is 23.6 Å². The Balaban J connectivity index is 2.18. The molecule has 1 saturated heterocycles. The number of aromatic nitrogens is 1. The molecule has 8 heteroatoms. The van der Waals surface area contributed by atoms with Gasteiger partial charge >= 0.3 is 0 Å². The van der Waals surface area contributed by atoms with E-state index in [-0.39, 0.29) is 35.1 Å². The van der Waals surface area contributed by atoms with E-state index in [1.807, 2.05) is 34.6 Å². The van der Waals surface area contributed by atoms with Gasteiger partial charge in [-0.3, -0.25) is 4.79 Å². The van der Waals surface area contributed by atoms with Crippen LogP contribution in [-0.2, 0) is 14.6 Å². The lowest BCUT2D eigenvalue weighted by atomic mass is 10.1. The highest BCUT2D eigenvalue weighted by Crippen LogP contribution is 2.27. The minimum absolute atomic E-state index is 0.0422. The van der Waals surface area contributed by atoms with Crippen molar-refractivity contribution in [1.29, 1.82) is 5.26 Å². The smallest absolute Gasteiger partial charge is 0.233 e. The van der Waals surface area contributed by atoms with Crippen molar-refractivity contribution in [3.8, 4) is 6.07 Å². The predicted octanol–water partition coefficient (Wildman–Crippen LogP) is 2.64. The molecule has 1 fully saturated rings. The van der Waals surface area contributed by atoms with Crippen LogP contribution in [-0.4, -0.2) is 54.1 Å². The van der Waals surface area contributed by atoms with Gasteiger partial charge in [-0.25, -0.2) is 13.4 Å². The van der Waals surface area contributed by atoms with E-state index in [1.165, 1.54) is 11.8 Å². The molecule has 1 aromatic rings. The Labute approximate surface area is 166 Å². The second-order valence-electron chi connectivity index (χ2n) is 7.52. The van der Waals surface area contributed by atoms with Crippen LogP contribution in [0.3, 0.4) is 0 Å².